The molecule has 0 amide bonds. The maximum atomic E-state index is 6.39. The van der Waals surface area contributed by atoms with E-state index in [9.17, 15) is 0 Å². The standard InChI is InChI=1S/C19H20ClN3O/c1-12-8-15(20)10-17(18(12)24-16-3-5-21-6-4-16)14-9-13-2-7-22-19(13)23-11-14/h2,7-11,16,21H,3-6H2,1H3,(H,22,23). The smallest absolute Gasteiger partial charge is 0.137 e. The second-order valence-corrected chi connectivity index (χ2v) is 6.74. The van der Waals surface area contributed by atoms with E-state index in [1.165, 1.54) is 0 Å². The first-order valence-corrected chi connectivity index (χ1v) is 8.69. The number of fused-ring (bicyclic) bond motifs is 1. The van der Waals surface area contributed by atoms with E-state index in [2.05, 4.69) is 21.4 Å². The minimum atomic E-state index is 0.244. The van der Waals surface area contributed by atoms with Gasteiger partial charge in [-0.15, -0.1) is 0 Å². The molecular formula is C19H20ClN3O. The third-order valence-electron chi connectivity index (χ3n) is 4.52. The van der Waals surface area contributed by atoms with Crippen molar-refractivity contribution >= 4 is 22.6 Å². The summed E-state index contributed by atoms with van der Waals surface area (Å²) in [6, 6.07) is 8.08. The molecule has 2 N–H and O–H groups in total. The van der Waals surface area contributed by atoms with Crippen LogP contribution in [0, 0.1) is 6.92 Å². The van der Waals surface area contributed by atoms with Gasteiger partial charge in [-0.25, -0.2) is 4.98 Å². The van der Waals surface area contributed by atoms with Gasteiger partial charge in [-0.05, 0) is 62.7 Å². The van der Waals surface area contributed by atoms with Crippen molar-refractivity contribution in [3.05, 3.63) is 47.2 Å². The van der Waals surface area contributed by atoms with E-state index in [4.69, 9.17) is 16.3 Å². The van der Waals surface area contributed by atoms with Crippen molar-refractivity contribution in [1.82, 2.24) is 15.3 Å². The van der Waals surface area contributed by atoms with Gasteiger partial charge in [0.05, 0.1) is 0 Å². The zero-order valence-corrected chi connectivity index (χ0v) is 14.4. The third kappa shape index (κ3) is 2.99. The number of H-pyrrole nitrogens is 1. The largest absolute Gasteiger partial charge is 0.489 e. The number of piperidine rings is 1. The predicted octanol–water partition coefficient (Wildman–Crippen LogP) is 4.32. The number of hydrogen-bond donors (Lipinski definition) is 2. The lowest BCUT2D eigenvalue weighted by atomic mass is 10.0. The fourth-order valence-corrected chi connectivity index (χ4v) is 3.54. The summed E-state index contributed by atoms with van der Waals surface area (Å²) in [5.74, 6) is 0.919. The van der Waals surface area contributed by atoms with E-state index in [1.54, 1.807) is 0 Å². The SMILES string of the molecule is Cc1cc(Cl)cc(-c2cnc3[nH]ccc3c2)c1OC1CCNCC1. The van der Waals surface area contributed by atoms with Crippen LogP contribution in [0.4, 0.5) is 0 Å². The zero-order chi connectivity index (χ0) is 16.5. The summed E-state index contributed by atoms with van der Waals surface area (Å²) in [7, 11) is 0. The Balaban J connectivity index is 1.77. The van der Waals surface area contributed by atoms with Gasteiger partial charge in [0, 0.05) is 33.9 Å². The van der Waals surface area contributed by atoms with Crippen LogP contribution in [0.3, 0.4) is 0 Å². The van der Waals surface area contributed by atoms with Crippen LogP contribution in [0.5, 0.6) is 5.75 Å². The van der Waals surface area contributed by atoms with E-state index in [0.717, 1.165) is 59.4 Å². The molecule has 1 aliphatic rings. The number of pyridine rings is 1. The second-order valence-electron chi connectivity index (χ2n) is 6.31. The Morgan fingerprint density at radius 3 is 2.88 bits per heavy atom. The molecule has 4 rings (SSSR count). The second kappa shape index (κ2) is 6.46. The Morgan fingerprint density at radius 1 is 1.21 bits per heavy atom. The molecule has 124 valence electrons. The van der Waals surface area contributed by atoms with Gasteiger partial charge in [-0.3, -0.25) is 0 Å². The molecule has 0 bridgehead atoms. The fraction of sp³-hybridized carbons (Fsp3) is 0.316. The van der Waals surface area contributed by atoms with E-state index in [0.29, 0.717) is 5.02 Å². The summed E-state index contributed by atoms with van der Waals surface area (Å²) in [5.41, 5.74) is 3.98. The number of aryl methyl sites for hydroxylation is 1. The number of aromatic amines is 1. The lowest BCUT2D eigenvalue weighted by Gasteiger charge is -2.26. The highest BCUT2D eigenvalue weighted by molar-refractivity contribution is 6.31. The number of nitrogens with zero attached hydrogens (tertiary/aromatic N) is 1. The summed E-state index contributed by atoms with van der Waals surface area (Å²) in [4.78, 5) is 7.63. The number of benzene rings is 1. The van der Waals surface area contributed by atoms with Gasteiger partial charge in [-0.2, -0.15) is 0 Å². The average Bonchev–Trinajstić information content (AvgIpc) is 3.05. The maximum absolute atomic E-state index is 6.39. The van der Waals surface area contributed by atoms with Gasteiger partial charge in [-0.1, -0.05) is 11.6 Å². The Bertz CT molecular complexity index is 868. The third-order valence-corrected chi connectivity index (χ3v) is 4.74. The van der Waals surface area contributed by atoms with Gasteiger partial charge in [0.2, 0.25) is 0 Å². The lowest BCUT2D eigenvalue weighted by molar-refractivity contribution is 0.162. The number of rotatable bonds is 3. The van der Waals surface area contributed by atoms with Crippen molar-refractivity contribution in [1.29, 1.82) is 0 Å². The van der Waals surface area contributed by atoms with Crippen LogP contribution in [-0.2, 0) is 0 Å². The molecule has 1 aliphatic heterocycles. The first-order valence-electron chi connectivity index (χ1n) is 8.32. The fourth-order valence-electron chi connectivity index (χ4n) is 3.27. The van der Waals surface area contributed by atoms with Crippen molar-refractivity contribution in [2.45, 2.75) is 25.9 Å². The highest BCUT2D eigenvalue weighted by Crippen LogP contribution is 2.37. The number of halogens is 1. The van der Waals surface area contributed by atoms with Crippen LogP contribution in [-0.4, -0.2) is 29.2 Å². The Morgan fingerprint density at radius 2 is 2.04 bits per heavy atom. The van der Waals surface area contributed by atoms with Gasteiger partial charge in [0.15, 0.2) is 0 Å². The highest BCUT2D eigenvalue weighted by atomic mass is 35.5. The molecule has 3 aromatic rings. The lowest BCUT2D eigenvalue weighted by Crippen LogP contribution is -2.34. The zero-order valence-electron chi connectivity index (χ0n) is 13.6. The van der Waals surface area contributed by atoms with Crippen LogP contribution in [0.2, 0.25) is 5.02 Å². The van der Waals surface area contributed by atoms with E-state index in [-0.39, 0.29) is 6.10 Å². The van der Waals surface area contributed by atoms with Crippen molar-refractivity contribution in [3.8, 4) is 16.9 Å². The quantitative estimate of drug-likeness (QED) is 0.745. The molecule has 0 atom stereocenters. The Hall–Kier alpha value is -2.04. The summed E-state index contributed by atoms with van der Waals surface area (Å²) in [6.07, 6.45) is 6.07. The molecule has 1 fully saturated rings. The van der Waals surface area contributed by atoms with Gasteiger partial charge >= 0.3 is 0 Å². The molecule has 24 heavy (non-hydrogen) atoms. The minimum absolute atomic E-state index is 0.244. The Labute approximate surface area is 146 Å². The number of ether oxygens (including phenoxy) is 1. The normalized spacial score (nSPS) is 15.8. The molecule has 0 aliphatic carbocycles. The van der Waals surface area contributed by atoms with Crippen molar-refractivity contribution in [2.75, 3.05) is 13.1 Å². The Kier molecular flexibility index (Phi) is 4.17. The molecule has 5 heteroatoms. The van der Waals surface area contributed by atoms with Crippen molar-refractivity contribution in [3.63, 3.8) is 0 Å². The molecular weight excluding hydrogens is 322 g/mol. The molecule has 1 aromatic carbocycles. The van der Waals surface area contributed by atoms with E-state index >= 15 is 0 Å². The summed E-state index contributed by atoms with van der Waals surface area (Å²) >= 11 is 6.32. The number of nitrogens with one attached hydrogen (secondary N) is 2. The maximum Gasteiger partial charge on any atom is 0.137 e. The van der Waals surface area contributed by atoms with E-state index < -0.39 is 0 Å². The summed E-state index contributed by atoms with van der Waals surface area (Å²) < 4.78 is 6.39. The summed E-state index contributed by atoms with van der Waals surface area (Å²) in [5, 5.41) is 5.17. The summed E-state index contributed by atoms with van der Waals surface area (Å²) in [6.45, 7) is 4.06. The molecule has 1 saturated heterocycles. The number of aromatic nitrogens is 2. The molecule has 0 spiro atoms. The molecule has 0 unspecified atom stereocenters. The first-order chi connectivity index (χ1) is 11.7. The molecule has 0 saturated carbocycles. The highest BCUT2D eigenvalue weighted by Gasteiger charge is 2.19. The average molecular weight is 342 g/mol. The van der Waals surface area contributed by atoms with Gasteiger partial charge < -0.3 is 15.0 Å². The van der Waals surface area contributed by atoms with E-state index in [1.807, 2.05) is 37.5 Å². The van der Waals surface area contributed by atoms with Gasteiger partial charge in [0.25, 0.3) is 0 Å². The van der Waals surface area contributed by atoms with Crippen LogP contribution < -0.4 is 10.1 Å². The van der Waals surface area contributed by atoms with Crippen molar-refractivity contribution in [2.24, 2.45) is 0 Å². The van der Waals surface area contributed by atoms with Crippen LogP contribution in [0.15, 0.2) is 36.7 Å². The van der Waals surface area contributed by atoms with Gasteiger partial charge in [0.1, 0.15) is 17.5 Å². The number of hydrogen-bond acceptors (Lipinski definition) is 3. The van der Waals surface area contributed by atoms with Crippen molar-refractivity contribution < 1.29 is 4.74 Å². The monoisotopic (exact) mass is 341 g/mol. The first kappa shape index (κ1) is 15.5. The molecule has 0 radical (unpaired) electrons. The predicted molar refractivity (Wildman–Crippen MR) is 97.8 cm³/mol. The molecule has 2 aromatic heterocycles. The topological polar surface area (TPSA) is 49.9 Å². The molecule has 3 heterocycles. The molecule has 4 nitrogen and oxygen atoms in total. The van der Waals surface area contributed by atoms with Crippen LogP contribution in [0.25, 0.3) is 22.2 Å². The minimum Gasteiger partial charge on any atom is -0.489 e. The van der Waals surface area contributed by atoms with Crippen LogP contribution in [0.1, 0.15) is 18.4 Å². The van der Waals surface area contributed by atoms with Crippen LogP contribution >= 0.6 is 11.6 Å².